The molecule has 0 aliphatic rings. The van der Waals surface area contributed by atoms with E-state index in [1.54, 1.807) is 35.7 Å². The lowest BCUT2D eigenvalue weighted by molar-refractivity contribution is 0.626. The van der Waals surface area contributed by atoms with Gasteiger partial charge in [-0.3, -0.25) is 4.79 Å². The lowest BCUT2D eigenvalue weighted by Gasteiger charge is -2.08. The first-order valence-electron chi connectivity index (χ1n) is 7.92. The summed E-state index contributed by atoms with van der Waals surface area (Å²) in [5.74, 6) is -0.268. The molecular weight excluding hydrogens is 337 g/mol. The first-order chi connectivity index (χ1) is 12.1. The summed E-state index contributed by atoms with van der Waals surface area (Å²) in [5, 5.41) is 5.13. The van der Waals surface area contributed by atoms with Gasteiger partial charge in [-0.15, -0.1) is 17.9 Å². The van der Waals surface area contributed by atoms with Crippen molar-refractivity contribution in [3.63, 3.8) is 0 Å². The number of halogens is 1. The fourth-order valence-corrected chi connectivity index (χ4v) is 4.13. The highest BCUT2D eigenvalue weighted by atomic mass is 32.1. The molecule has 0 fully saturated rings. The molecule has 0 amide bonds. The number of hydrogen-bond acceptors (Lipinski definition) is 3. The molecule has 0 radical (unpaired) electrons. The Morgan fingerprint density at radius 3 is 2.80 bits per heavy atom. The van der Waals surface area contributed by atoms with Crippen LogP contribution in [-0.4, -0.2) is 14.3 Å². The third kappa shape index (κ3) is 2.59. The van der Waals surface area contributed by atoms with Crippen LogP contribution >= 0.6 is 11.3 Å². The van der Waals surface area contributed by atoms with Crippen LogP contribution in [0.1, 0.15) is 10.4 Å². The second-order valence-electron chi connectivity index (χ2n) is 5.97. The zero-order chi connectivity index (χ0) is 17.6. The molecule has 0 atom stereocenters. The number of rotatable bonds is 4. The average molecular weight is 353 g/mol. The zero-order valence-electron chi connectivity index (χ0n) is 13.7. The highest BCUT2D eigenvalue weighted by Gasteiger charge is 2.18. The van der Waals surface area contributed by atoms with Gasteiger partial charge < -0.3 is 4.57 Å². The van der Waals surface area contributed by atoms with Crippen LogP contribution in [0.2, 0.25) is 0 Å². The molecule has 0 bridgehead atoms. The monoisotopic (exact) mass is 353 g/mol. The summed E-state index contributed by atoms with van der Waals surface area (Å²) in [6.07, 6.45) is 3.40. The topological polar surface area (TPSA) is 39.8 Å². The van der Waals surface area contributed by atoms with Crippen molar-refractivity contribution in [1.82, 2.24) is 14.3 Å². The summed E-state index contributed by atoms with van der Waals surface area (Å²) in [7, 11) is 0. The fraction of sp³-hybridized carbons (Fsp3) is 0.158. The lowest BCUT2D eigenvalue weighted by Crippen LogP contribution is -2.24. The second kappa shape index (κ2) is 5.97. The first kappa shape index (κ1) is 15.8. The SMILES string of the molecule is C=CCn1ncc2c3sc(C)cc3n(Cc3ccc(F)cc3)c2c1=O. The molecule has 0 saturated carbocycles. The Morgan fingerprint density at radius 2 is 2.08 bits per heavy atom. The Balaban J connectivity index is 2.00. The molecule has 0 unspecified atom stereocenters. The van der Waals surface area contributed by atoms with Crippen LogP contribution < -0.4 is 5.56 Å². The summed E-state index contributed by atoms with van der Waals surface area (Å²) in [6.45, 7) is 6.59. The molecule has 25 heavy (non-hydrogen) atoms. The summed E-state index contributed by atoms with van der Waals surface area (Å²) >= 11 is 1.65. The van der Waals surface area contributed by atoms with Crippen LogP contribution in [0.15, 0.2) is 54.0 Å². The number of benzene rings is 1. The van der Waals surface area contributed by atoms with Crippen LogP contribution in [0.4, 0.5) is 4.39 Å². The van der Waals surface area contributed by atoms with E-state index in [9.17, 15) is 9.18 Å². The van der Waals surface area contributed by atoms with Crippen LogP contribution in [0, 0.1) is 12.7 Å². The molecule has 0 spiro atoms. The van der Waals surface area contributed by atoms with Crippen molar-refractivity contribution in [2.24, 2.45) is 0 Å². The molecular formula is C19H16FN3OS. The van der Waals surface area contributed by atoms with Gasteiger partial charge in [0.05, 0.1) is 23.0 Å². The number of hydrogen-bond donors (Lipinski definition) is 0. The van der Waals surface area contributed by atoms with Crippen LogP contribution in [0.3, 0.4) is 0 Å². The van der Waals surface area contributed by atoms with E-state index in [0.717, 1.165) is 21.2 Å². The lowest BCUT2D eigenvalue weighted by atomic mass is 10.2. The Labute approximate surface area is 147 Å². The van der Waals surface area contributed by atoms with Gasteiger partial charge in [-0.1, -0.05) is 18.2 Å². The molecule has 3 heterocycles. The van der Waals surface area contributed by atoms with Gasteiger partial charge in [-0.25, -0.2) is 9.07 Å². The van der Waals surface area contributed by atoms with Crippen molar-refractivity contribution in [1.29, 1.82) is 0 Å². The van der Waals surface area contributed by atoms with E-state index >= 15 is 0 Å². The molecule has 4 nitrogen and oxygen atoms in total. The van der Waals surface area contributed by atoms with Crippen molar-refractivity contribution in [2.45, 2.75) is 20.0 Å². The Morgan fingerprint density at radius 1 is 1.32 bits per heavy atom. The summed E-state index contributed by atoms with van der Waals surface area (Å²) in [6, 6.07) is 8.45. The van der Waals surface area contributed by atoms with Gasteiger partial charge >= 0.3 is 0 Å². The first-order valence-corrected chi connectivity index (χ1v) is 8.74. The second-order valence-corrected chi connectivity index (χ2v) is 7.22. The number of nitrogens with zero attached hydrogens (tertiary/aromatic N) is 3. The number of thiophene rings is 1. The van der Waals surface area contributed by atoms with Crippen molar-refractivity contribution in [3.8, 4) is 0 Å². The van der Waals surface area contributed by atoms with Crippen molar-refractivity contribution in [2.75, 3.05) is 0 Å². The van der Waals surface area contributed by atoms with E-state index in [2.05, 4.69) is 17.7 Å². The van der Waals surface area contributed by atoms with Crippen molar-refractivity contribution >= 4 is 32.5 Å². The van der Waals surface area contributed by atoms with Gasteiger partial charge in [0.2, 0.25) is 0 Å². The Kier molecular flexibility index (Phi) is 3.77. The van der Waals surface area contributed by atoms with E-state index in [1.165, 1.54) is 21.7 Å². The maximum atomic E-state index is 13.2. The number of allylic oxidation sites excluding steroid dienone is 1. The van der Waals surface area contributed by atoms with E-state index in [-0.39, 0.29) is 11.4 Å². The number of aromatic nitrogens is 3. The maximum Gasteiger partial charge on any atom is 0.291 e. The summed E-state index contributed by atoms with van der Waals surface area (Å²) in [4.78, 5) is 14.1. The maximum absolute atomic E-state index is 13.2. The molecule has 6 heteroatoms. The quantitative estimate of drug-likeness (QED) is 0.518. The Hall–Kier alpha value is -2.73. The van der Waals surface area contributed by atoms with Gasteiger partial charge in [0.25, 0.3) is 5.56 Å². The summed E-state index contributed by atoms with van der Waals surface area (Å²) < 4.78 is 17.7. The Bertz CT molecular complexity index is 1150. The molecule has 3 aromatic heterocycles. The number of fused-ring (bicyclic) bond motifs is 3. The highest BCUT2D eigenvalue weighted by Crippen LogP contribution is 2.34. The minimum atomic E-state index is -0.268. The molecule has 0 aliphatic heterocycles. The molecule has 0 aliphatic carbocycles. The van der Waals surface area contributed by atoms with E-state index < -0.39 is 0 Å². The van der Waals surface area contributed by atoms with Crippen molar-refractivity contribution in [3.05, 3.63) is 75.8 Å². The molecule has 0 N–H and O–H groups in total. The van der Waals surface area contributed by atoms with E-state index in [4.69, 9.17) is 0 Å². The molecule has 1 aromatic carbocycles. The predicted molar refractivity (Wildman–Crippen MR) is 99.8 cm³/mol. The van der Waals surface area contributed by atoms with Crippen LogP contribution in [0.25, 0.3) is 21.1 Å². The van der Waals surface area contributed by atoms with Gasteiger partial charge in [-0.05, 0) is 30.7 Å². The predicted octanol–water partition coefficient (Wildman–Crippen LogP) is 4.09. The van der Waals surface area contributed by atoms with Gasteiger partial charge in [0.15, 0.2) is 0 Å². The van der Waals surface area contributed by atoms with E-state index in [0.29, 0.717) is 18.6 Å². The van der Waals surface area contributed by atoms with E-state index in [1.807, 2.05) is 11.5 Å². The zero-order valence-corrected chi connectivity index (χ0v) is 14.5. The molecule has 0 saturated heterocycles. The van der Waals surface area contributed by atoms with Gasteiger partial charge in [-0.2, -0.15) is 5.10 Å². The highest BCUT2D eigenvalue weighted by molar-refractivity contribution is 7.20. The molecule has 4 rings (SSSR count). The largest absolute Gasteiger partial charge is 0.331 e. The minimum Gasteiger partial charge on any atom is -0.331 e. The normalized spacial score (nSPS) is 11.4. The third-order valence-corrected chi connectivity index (χ3v) is 5.29. The summed E-state index contributed by atoms with van der Waals surface area (Å²) in [5.41, 5.74) is 2.44. The van der Waals surface area contributed by atoms with Crippen LogP contribution in [-0.2, 0) is 13.1 Å². The number of aryl methyl sites for hydroxylation is 1. The van der Waals surface area contributed by atoms with Crippen molar-refractivity contribution < 1.29 is 4.39 Å². The third-order valence-electron chi connectivity index (χ3n) is 4.22. The molecule has 126 valence electrons. The minimum absolute atomic E-state index is 0.138. The van der Waals surface area contributed by atoms with Gasteiger partial charge in [0.1, 0.15) is 11.3 Å². The smallest absolute Gasteiger partial charge is 0.291 e. The van der Waals surface area contributed by atoms with Crippen LogP contribution in [0.5, 0.6) is 0 Å². The average Bonchev–Trinajstić information content (AvgIpc) is 3.09. The van der Waals surface area contributed by atoms with Gasteiger partial charge in [0, 0.05) is 16.8 Å². The fourth-order valence-electron chi connectivity index (χ4n) is 3.11. The molecule has 4 aromatic rings. The standard InChI is InChI=1S/C19H16FN3OS/c1-3-8-23-19(24)17-15(10-21-23)18-16(9-12(2)25-18)22(17)11-13-4-6-14(20)7-5-13/h3-7,9-10H,1,8,11H2,2H3.